The van der Waals surface area contributed by atoms with E-state index in [0.29, 0.717) is 12.8 Å². The minimum absolute atomic E-state index is 0.241. The van der Waals surface area contributed by atoms with Crippen molar-refractivity contribution in [3.05, 3.63) is 23.0 Å². The van der Waals surface area contributed by atoms with Crippen LogP contribution in [0, 0.1) is 11.3 Å². The molecule has 338 valence electrons. The van der Waals surface area contributed by atoms with Crippen molar-refractivity contribution in [2.75, 3.05) is 6.61 Å². The van der Waals surface area contributed by atoms with Crippen molar-refractivity contribution in [3.63, 3.8) is 0 Å². The van der Waals surface area contributed by atoms with E-state index in [1.165, 1.54) is 13.8 Å². The standard InChI is InChI=1S/C35H61NO22/c1-11(2)7-8-16(9-36)53-35-30(22(44)20(42)14(5)51-35)58-33-26(48)29(27(15(6)52-33)55-31(49)23(45)18(40)12(3)38)57-34-25(47)28(21(43)17(10-37)54-34)56-32(50)24(46)19(41)13(4)39/h9,11-17,20-22,25-50H,7-8,10H2,1-6H3/b23-18+,24-19+,36-9?/t12-,13-,14?,15?,16?,17?,20+,21-,22?,25?,26+,27+,28?,29?,30?,31-,32+,33?,34+,35+/m1/s1. The van der Waals surface area contributed by atoms with Gasteiger partial charge in [-0.2, -0.15) is 0 Å². The summed E-state index contributed by atoms with van der Waals surface area (Å²) in [6, 6.07) is 0. The van der Waals surface area contributed by atoms with Gasteiger partial charge in [-0.15, -0.1) is 0 Å². The summed E-state index contributed by atoms with van der Waals surface area (Å²) in [5, 5.41) is 155. The number of aliphatic hydroxyl groups is 14. The van der Waals surface area contributed by atoms with Crippen LogP contribution in [0.4, 0.5) is 0 Å². The third kappa shape index (κ3) is 12.1. The topological polar surface area (TPSA) is 381 Å². The summed E-state index contributed by atoms with van der Waals surface area (Å²) in [5.74, 6) is -4.53. The molecule has 0 saturated carbocycles. The molecule has 0 bridgehead atoms. The van der Waals surface area contributed by atoms with Crippen LogP contribution in [-0.2, 0) is 37.9 Å². The fraction of sp³-hybridized carbons (Fsp3) is 0.857. The summed E-state index contributed by atoms with van der Waals surface area (Å²) >= 11 is 0. The third-order valence-corrected chi connectivity index (χ3v) is 9.82. The monoisotopic (exact) mass is 847 g/mol. The summed E-state index contributed by atoms with van der Waals surface area (Å²) in [4.78, 5) is 0. The van der Waals surface area contributed by atoms with E-state index in [-0.39, 0.29) is 5.92 Å². The summed E-state index contributed by atoms with van der Waals surface area (Å²) < 4.78 is 45.8. The average molecular weight is 848 g/mol. The maximum absolute atomic E-state index is 11.8. The van der Waals surface area contributed by atoms with Gasteiger partial charge in [0.25, 0.3) is 0 Å². The van der Waals surface area contributed by atoms with Crippen molar-refractivity contribution in [2.24, 2.45) is 5.92 Å². The molecule has 23 heteroatoms. The van der Waals surface area contributed by atoms with Crippen molar-refractivity contribution < 1.29 is 109 Å². The van der Waals surface area contributed by atoms with E-state index in [9.17, 15) is 71.5 Å². The zero-order valence-electron chi connectivity index (χ0n) is 32.9. The third-order valence-electron chi connectivity index (χ3n) is 9.82. The minimum Gasteiger partial charge on any atom is -0.506 e. The van der Waals surface area contributed by atoms with Gasteiger partial charge < -0.3 is 115 Å². The maximum Gasteiger partial charge on any atom is 0.218 e. The van der Waals surface area contributed by atoms with Crippen molar-refractivity contribution in [3.8, 4) is 0 Å². The molecule has 0 spiro atoms. The molecular formula is C35H61NO22. The first-order chi connectivity index (χ1) is 27.0. The Balaban J connectivity index is 2.02. The van der Waals surface area contributed by atoms with Gasteiger partial charge in [-0.05, 0) is 46.5 Å². The molecule has 0 aromatic heterocycles. The first-order valence-corrected chi connectivity index (χ1v) is 18.8. The van der Waals surface area contributed by atoms with Crippen LogP contribution in [0.5, 0.6) is 0 Å². The lowest BCUT2D eigenvalue weighted by molar-refractivity contribution is -0.392. The van der Waals surface area contributed by atoms with Crippen molar-refractivity contribution >= 4 is 6.21 Å². The summed E-state index contributed by atoms with van der Waals surface area (Å²) in [6.07, 6.45) is -33.4. The van der Waals surface area contributed by atoms with Crippen molar-refractivity contribution in [1.29, 1.82) is 5.41 Å². The molecule has 3 aliphatic rings. The predicted octanol–water partition coefficient (Wildman–Crippen LogP) is -2.94. The molecule has 15 N–H and O–H groups in total. The summed E-state index contributed by atoms with van der Waals surface area (Å²) in [5.41, 5.74) is 0. The van der Waals surface area contributed by atoms with Crippen LogP contribution >= 0.6 is 0 Å². The van der Waals surface area contributed by atoms with Crippen LogP contribution in [-0.4, -0.2) is 207 Å². The van der Waals surface area contributed by atoms with E-state index in [2.05, 4.69) is 0 Å². The van der Waals surface area contributed by atoms with Crippen LogP contribution in [0.1, 0.15) is 54.4 Å². The predicted molar refractivity (Wildman–Crippen MR) is 192 cm³/mol. The highest BCUT2D eigenvalue weighted by atomic mass is 16.8. The second kappa shape index (κ2) is 21.9. The Labute approximate surface area is 333 Å². The van der Waals surface area contributed by atoms with Crippen molar-refractivity contribution in [2.45, 2.75) is 177 Å². The maximum atomic E-state index is 11.8. The SMILES string of the molecule is CC(C)CCC(C=N)O[C@@H]1OC(C)[C@H](O)C(O)C1OC1OC(C)[C@H](O[C@@H](O)/C(O)=C(\O)[C@@H](C)O)C(O[C@@H]2OC(CO)[C@@H](O)C(O[C@H](O)/C(O)=C(\O)[C@@H](C)O)C2O)[C@@H]1O. The van der Waals surface area contributed by atoms with Crippen molar-refractivity contribution in [1.82, 2.24) is 0 Å². The summed E-state index contributed by atoms with van der Waals surface area (Å²) in [6.45, 7) is 7.79. The molecule has 0 radical (unpaired) electrons. The van der Waals surface area contributed by atoms with Crippen LogP contribution in [0.2, 0.25) is 0 Å². The first kappa shape index (κ1) is 50.0. The smallest absolute Gasteiger partial charge is 0.218 e. The molecule has 3 rings (SSSR count). The molecular weight excluding hydrogens is 786 g/mol. The molecule has 20 atom stereocenters. The number of rotatable bonds is 19. The van der Waals surface area contributed by atoms with E-state index in [4.69, 9.17) is 43.3 Å². The van der Waals surface area contributed by atoms with E-state index >= 15 is 0 Å². The van der Waals surface area contributed by atoms with Crippen LogP contribution in [0.15, 0.2) is 23.0 Å². The van der Waals surface area contributed by atoms with E-state index in [0.717, 1.165) is 20.1 Å². The second-order valence-corrected chi connectivity index (χ2v) is 14.9. The van der Waals surface area contributed by atoms with Gasteiger partial charge in [-0.25, -0.2) is 0 Å². The molecule has 0 aromatic rings. The van der Waals surface area contributed by atoms with Crippen LogP contribution < -0.4 is 0 Å². The minimum atomic E-state index is -2.48. The van der Waals surface area contributed by atoms with Gasteiger partial charge in [0.1, 0.15) is 73.2 Å². The van der Waals surface area contributed by atoms with Gasteiger partial charge in [0.2, 0.25) is 12.6 Å². The van der Waals surface area contributed by atoms with Gasteiger partial charge in [0, 0.05) is 6.21 Å². The Morgan fingerprint density at radius 2 is 1.05 bits per heavy atom. The van der Waals surface area contributed by atoms with Gasteiger partial charge in [-0.1, -0.05) is 13.8 Å². The Bertz CT molecular complexity index is 1350. The first-order valence-electron chi connectivity index (χ1n) is 18.8. The lowest BCUT2D eigenvalue weighted by Gasteiger charge is -2.49. The largest absolute Gasteiger partial charge is 0.506 e. The zero-order valence-corrected chi connectivity index (χ0v) is 32.9. The number of hydrogen-bond acceptors (Lipinski definition) is 23. The van der Waals surface area contributed by atoms with Crippen LogP contribution in [0.3, 0.4) is 0 Å². The van der Waals surface area contributed by atoms with Gasteiger partial charge in [-0.3, -0.25) is 0 Å². The average Bonchev–Trinajstić information content (AvgIpc) is 3.17. The lowest BCUT2D eigenvalue weighted by Crippen LogP contribution is -2.67. The van der Waals surface area contributed by atoms with E-state index < -0.39 is 153 Å². The normalized spacial score (nSPS) is 39.6. The molecule has 0 aromatic carbocycles. The second-order valence-electron chi connectivity index (χ2n) is 14.9. The molecule has 0 amide bonds. The molecule has 3 aliphatic heterocycles. The van der Waals surface area contributed by atoms with Gasteiger partial charge in [0.15, 0.2) is 41.9 Å². The molecule has 3 saturated heterocycles. The molecule has 10 unspecified atom stereocenters. The molecule has 58 heavy (non-hydrogen) atoms. The van der Waals surface area contributed by atoms with Crippen LogP contribution in [0.25, 0.3) is 0 Å². The molecule has 23 nitrogen and oxygen atoms in total. The molecule has 3 fully saturated rings. The Hall–Kier alpha value is -2.37. The summed E-state index contributed by atoms with van der Waals surface area (Å²) in [7, 11) is 0. The highest BCUT2D eigenvalue weighted by molar-refractivity contribution is 5.59. The Morgan fingerprint density at radius 3 is 1.55 bits per heavy atom. The highest BCUT2D eigenvalue weighted by Gasteiger charge is 2.55. The fourth-order valence-corrected chi connectivity index (χ4v) is 6.31. The lowest BCUT2D eigenvalue weighted by atomic mass is 9.96. The highest BCUT2D eigenvalue weighted by Crippen LogP contribution is 2.35. The Morgan fingerprint density at radius 1 is 0.569 bits per heavy atom. The number of hydrogen-bond donors (Lipinski definition) is 15. The number of ether oxygens (including phenoxy) is 8. The quantitative estimate of drug-likeness (QED) is 0.0351. The van der Waals surface area contributed by atoms with Gasteiger partial charge >= 0.3 is 0 Å². The fourth-order valence-electron chi connectivity index (χ4n) is 6.31. The van der Waals surface area contributed by atoms with E-state index in [1.54, 1.807) is 0 Å². The van der Waals surface area contributed by atoms with E-state index in [1.807, 2.05) is 13.8 Å². The Kier molecular flexibility index (Phi) is 18.9. The number of nitrogens with one attached hydrogen (secondary N) is 1. The van der Waals surface area contributed by atoms with Gasteiger partial charge in [0.05, 0.1) is 24.9 Å². The molecule has 0 aliphatic carbocycles. The number of aliphatic hydroxyl groups excluding tert-OH is 14. The zero-order chi connectivity index (χ0) is 43.9. The molecule has 3 heterocycles.